The standard InChI is InChI=1S/C24H31N3O/c28-24(27-14-6-1-2-7-15-27)22-10-11-23(25-19-22)26-16-12-21(13-17-26)18-20-8-4-3-5-9-20/h3-5,8-11,19,21H,1-2,6-7,12-18H2. The highest BCUT2D eigenvalue weighted by atomic mass is 16.2. The summed E-state index contributed by atoms with van der Waals surface area (Å²) in [6, 6.07) is 14.8. The van der Waals surface area contributed by atoms with Gasteiger partial charge in [0.15, 0.2) is 0 Å². The van der Waals surface area contributed by atoms with Gasteiger partial charge < -0.3 is 9.80 Å². The van der Waals surface area contributed by atoms with Crippen molar-refractivity contribution in [2.45, 2.75) is 44.9 Å². The Bertz CT molecular complexity index is 743. The van der Waals surface area contributed by atoms with Gasteiger partial charge in [0.1, 0.15) is 5.82 Å². The minimum Gasteiger partial charge on any atom is -0.357 e. The van der Waals surface area contributed by atoms with E-state index < -0.39 is 0 Å². The molecule has 0 spiro atoms. The van der Waals surface area contributed by atoms with Crippen molar-refractivity contribution in [3.63, 3.8) is 0 Å². The molecule has 4 nitrogen and oxygen atoms in total. The molecule has 2 saturated heterocycles. The molecule has 1 aromatic heterocycles. The first-order valence-electron chi connectivity index (χ1n) is 10.8. The summed E-state index contributed by atoms with van der Waals surface area (Å²) in [6.45, 7) is 3.86. The van der Waals surface area contributed by atoms with Gasteiger partial charge in [-0.25, -0.2) is 4.98 Å². The predicted molar refractivity (Wildman–Crippen MR) is 114 cm³/mol. The number of aromatic nitrogens is 1. The maximum Gasteiger partial charge on any atom is 0.255 e. The summed E-state index contributed by atoms with van der Waals surface area (Å²) in [5.74, 6) is 1.90. The number of hydrogen-bond acceptors (Lipinski definition) is 3. The summed E-state index contributed by atoms with van der Waals surface area (Å²) in [7, 11) is 0. The van der Waals surface area contributed by atoms with Crippen LogP contribution in [0.4, 0.5) is 5.82 Å². The summed E-state index contributed by atoms with van der Waals surface area (Å²) in [5, 5.41) is 0. The molecule has 0 atom stereocenters. The lowest BCUT2D eigenvalue weighted by atomic mass is 9.90. The van der Waals surface area contributed by atoms with Crippen molar-refractivity contribution in [2.75, 3.05) is 31.1 Å². The third-order valence-corrected chi connectivity index (χ3v) is 6.19. The van der Waals surface area contributed by atoms with Crippen LogP contribution in [0.2, 0.25) is 0 Å². The maximum absolute atomic E-state index is 12.7. The summed E-state index contributed by atoms with van der Waals surface area (Å²) in [5.41, 5.74) is 2.17. The van der Waals surface area contributed by atoms with Gasteiger partial charge in [-0.2, -0.15) is 0 Å². The number of carbonyl (C=O) groups excluding carboxylic acids is 1. The number of pyridine rings is 1. The van der Waals surface area contributed by atoms with Crippen LogP contribution in [0.15, 0.2) is 48.7 Å². The van der Waals surface area contributed by atoms with E-state index in [-0.39, 0.29) is 5.91 Å². The Balaban J connectivity index is 1.31. The predicted octanol–water partition coefficient (Wildman–Crippen LogP) is 4.56. The molecule has 2 aliphatic rings. The molecular formula is C24H31N3O. The number of rotatable bonds is 4. The number of carbonyl (C=O) groups is 1. The van der Waals surface area contributed by atoms with E-state index in [4.69, 9.17) is 0 Å². The van der Waals surface area contributed by atoms with Crippen LogP contribution in [0, 0.1) is 5.92 Å². The lowest BCUT2D eigenvalue weighted by molar-refractivity contribution is 0.0761. The highest BCUT2D eigenvalue weighted by molar-refractivity contribution is 5.94. The van der Waals surface area contributed by atoms with Crippen molar-refractivity contribution in [3.8, 4) is 0 Å². The molecule has 3 heterocycles. The maximum atomic E-state index is 12.7. The van der Waals surface area contributed by atoms with Crippen molar-refractivity contribution >= 4 is 11.7 Å². The number of piperidine rings is 1. The number of benzene rings is 1. The number of anilines is 1. The zero-order valence-corrected chi connectivity index (χ0v) is 16.7. The zero-order valence-electron chi connectivity index (χ0n) is 16.7. The molecule has 1 aromatic carbocycles. The first-order chi connectivity index (χ1) is 13.8. The molecular weight excluding hydrogens is 346 g/mol. The molecule has 28 heavy (non-hydrogen) atoms. The van der Waals surface area contributed by atoms with Gasteiger partial charge in [0.05, 0.1) is 5.56 Å². The van der Waals surface area contributed by atoms with Crippen LogP contribution in [0.5, 0.6) is 0 Å². The van der Waals surface area contributed by atoms with Crippen LogP contribution >= 0.6 is 0 Å². The van der Waals surface area contributed by atoms with E-state index in [1.165, 1.54) is 37.7 Å². The molecule has 0 N–H and O–H groups in total. The number of nitrogens with zero attached hydrogens (tertiary/aromatic N) is 3. The number of amides is 1. The van der Waals surface area contributed by atoms with Gasteiger partial charge in [0, 0.05) is 32.4 Å². The fourth-order valence-electron chi connectivity index (χ4n) is 4.47. The van der Waals surface area contributed by atoms with E-state index in [1.54, 1.807) is 6.20 Å². The van der Waals surface area contributed by atoms with Crippen LogP contribution in [0.25, 0.3) is 0 Å². The monoisotopic (exact) mass is 377 g/mol. The van der Waals surface area contributed by atoms with E-state index in [0.29, 0.717) is 0 Å². The number of likely N-dealkylation sites (tertiary alicyclic amines) is 1. The van der Waals surface area contributed by atoms with Gasteiger partial charge in [0.25, 0.3) is 5.91 Å². The van der Waals surface area contributed by atoms with E-state index in [1.807, 2.05) is 17.0 Å². The van der Waals surface area contributed by atoms with Crippen molar-refractivity contribution in [1.82, 2.24) is 9.88 Å². The minimum atomic E-state index is 0.141. The average molecular weight is 378 g/mol. The lowest BCUT2D eigenvalue weighted by Gasteiger charge is -2.33. The van der Waals surface area contributed by atoms with E-state index >= 15 is 0 Å². The topological polar surface area (TPSA) is 36.4 Å². The second-order valence-electron chi connectivity index (χ2n) is 8.23. The SMILES string of the molecule is O=C(c1ccc(N2CCC(Cc3ccccc3)CC2)nc1)N1CCCCCC1. The van der Waals surface area contributed by atoms with Crippen LogP contribution < -0.4 is 4.90 Å². The van der Waals surface area contributed by atoms with Gasteiger partial charge >= 0.3 is 0 Å². The van der Waals surface area contributed by atoms with Crippen LogP contribution in [0.3, 0.4) is 0 Å². The fourth-order valence-corrected chi connectivity index (χ4v) is 4.47. The Kier molecular flexibility index (Phi) is 6.25. The Morgan fingerprint density at radius 3 is 2.25 bits per heavy atom. The molecule has 2 fully saturated rings. The van der Waals surface area contributed by atoms with Crippen molar-refractivity contribution in [1.29, 1.82) is 0 Å². The molecule has 0 aliphatic carbocycles. The van der Waals surface area contributed by atoms with E-state index in [2.05, 4.69) is 40.2 Å². The van der Waals surface area contributed by atoms with Gasteiger partial charge in [-0.15, -0.1) is 0 Å². The second-order valence-corrected chi connectivity index (χ2v) is 8.23. The highest BCUT2D eigenvalue weighted by Gasteiger charge is 2.22. The summed E-state index contributed by atoms with van der Waals surface area (Å²) < 4.78 is 0. The Labute approximate surface area is 168 Å². The molecule has 0 radical (unpaired) electrons. The Morgan fingerprint density at radius 1 is 0.893 bits per heavy atom. The van der Waals surface area contributed by atoms with Crippen LogP contribution in [-0.2, 0) is 6.42 Å². The van der Waals surface area contributed by atoms with Gasteiger partial charge in [-0.05, 0) is 55.7 Å². The fraction of sp³-hybridized carbons (Fsp3) is 0.500. The van der Waals surface area contributed by atoms with Crippen molar-refractivity contribution < 1.29 is 4.79 Å². The van der Waals surface area contributed by atoms with Gasteiger partial charge in [-0.3, -0.25) is 4.79 Å². The van der Waals surface area contributed by atoms with Crippen molar-refractivity contribution in [2.24, 2.45) is 5.92 Å². The van der Waals surface area contributed by atoms with Gasteiger partial charge in [0.2, 0.25) is 0 Å². The van der Waals surface area contributed by atoms with Gasteiger partial charge in [-0.1, -0.05) is 43.2 Å². The number of hydrogen-bond donors (Lipinski definition) is 0. The molecule has 1 amide bonds. The second kappa shape index (κ2) is 9.22. The summed E-state index contributed by atoms with van der Waals surface area (Å²) in [4.78, 5) is 21.7. The van der Waals surface area contributed by atoms with Crippen LogP contribution in [0.1, 0.15) is 54.4 Å². The molecule has 2 aliphatic heterocycles. The van der Waals surface area contributed by atoms with Crippen LogP contribution in [-0.4, -0.2) is 42.0 Å². The normalized spacial score (nSPS) is 18.7. The van der Waals surface area contributed by atoms with E-state index in [9.17, 15) is 4.79 Å². The zero-order chi connectivity index (χ0) is 19.2. The third-order valence-electron chi connectivity index (χ3n) is 6.19. The smallest absolute Gasteiger partial charge is 0.255 e. The largest absolute Gasteiger partial charge is 0.357 e. The molecule has 0 bridgehead atoms. The third kappa shape index (κ3) is 4.73. The van der Waals surface area contributed by atoms with E-state index in [0.717, 1.165) is 56.3 Å². The molecule has 4 rings (SSSR count). The molecule has 0 unspecified atom stereocenters. The summed E-state index contributed by atoms with van der Waals surface area (Å²) in [6.07, 6.45) is 10.1. The average Bonchev–Trinajstić information content (AvgIpc) is 3.04. The first kappa shape index (κ1) is 19.0. The summed E-state index contributed by atoms with van der Waals surface area (Å²) >= 11 is 0. The lowest BCUT2D eigenvalue weighted by Crippen LogP contribution is -2.35. The Morgan fingerprint density at radius 2 is 1.61 bits per heavy atom. The molecule has 2 aromatic rings. The molecule has 0 saturated carbocycles. The quantitative estimate of drug-likeness (QED) is 0.784. The highest BCUT2D eigenvalue weighted by Crippen LogP contribution is 2.25. The first-order valence-corrected chi connectivity index (χ1v) is 10.8. The molecule has 4 heteroatoms. The molecule has 148 valence electrons. The van der Waals surface area contributed by atoms with Crippen molar-refractivity contribution in [3.05, 3.63) is 59.8 Å². The minimum absolute atomic E-state index is 0.141. The Hall–Kier alpha value is -2.36.